The molecule has 0 aliphatic carbocycles. The number of benzene rings is 1. The molecule has 0 saturated heterocycles. The third-order valence-corrected chi connectivity index (χ3v) is 2.62. The molecule has 0 bridgehead atoms. The molecule has 1 aromatic heterocycles. The van der Waals surface area contributed by atoms with Crippen LogP contribution in [0.2, 0.25) is 0 Å². The number of ether oxygens (including phenoxy) is 1. The van der Waals surface area contributed by atoms with Crippen molar-refractivity contribution in [1.29, 1.82) is 0 Å². The lowest BCUT2D eigenvalue weighted by Gasteiger charge is -2.10. The topological polar surface area (TPSA) is 39.2 Å². The lowest BCUT2D eigenvalue weighted by Crippen LogP contribution is -2.06. The Bertz CT molecular complexity index is 550. The van der Waals surface area contributed by atoms with Gasteiger partial charge in [0.1, 0.15) is 5.75 Å². The van der Waals surface area contributed by atoms with Crippen molar-refractivity contribution in [3.63, 3.8) is 0 Å². The second-order valence-corrected chi connectivity index (χ2v) is 4.00. The van der Waals surface area contributed by atoms with Gasteiger partial charge in [0.25, 0.3) is 0 Å². The Morgan fingerprint density at radius 3 is 2.61 bits per heavy atom. The summed E-state index contributed by atoms with van der Waals surface area (Å²) in [5.74, 6) is 0.592. The van der Waals surface area contributed by atoms with Crippen LogP contribution in [0.3, 0.4) is 0 Å². The first-order valence-corrected chi connectivity index (χ1v) is 5.90. The van der Waals surface area contributed by atoms with Gasteiger partial charge >= 0.3 is 0 Å². The summed E-state index contributed by atoms with van der Waals surface area (Å²) in [6, 6.07) is 9.05. The molecule has 0 fully saturated rings. The van der Waals surface area contributed by atoms with E-state index in [1.54, 1.807) is 24.5 Å². The van der Waals surface area contributed by atoms with Crippen molar-refractivity contribution in [2.24, 2.45) is 0 Å². The molecule has 0 spiro atoms. The van der Waals surface area contributed by atoms with Gasteiger partial charge in [-0.2, -0.15) is 0 Å². The van der Waals surface area contributed by atoms with Crippen LogP contribution in [0.15, 0.2) is 42.7 Å². The Labute approximate surface area is 106 Å². The van der Waals surface area contributed by atoms with Gasteiger partial charge in [-0.3, -0.25) is 9.78 Å². The van der Waals surface area contributed by atoms with Gasteiger partial charge < -0.3 is 4.74 Å². The van der Waals surface area contributed by atoms with Gasteiger partial charge in [0.15, 0.2) is 5.78 Å². The first-order valence-electron chi connectivity index (χ1n) is 5.90. The average molecular weight is 241 g/mol. The van der Waals surface area contributed by atoms with Crippen molar-refractivity contribution in [3.05, 3.63) is 59.4 Å². The number of carbonyl (C=O) groups excluding carboxylic acids is 1. The van der Waals surface area contributed by atoms with E-state index in [9.17, 15) is 4.79 Å². The molecule has 0 radical (unpaired) electrons. The number of hydrogen-bond acceptors (Lipinski definition) is 3. The highest BCUT2D eigenvalue weighted by atomic mass is 16.5. The molecule has 0 amide bonds. The maximum Gasteiger partial charge on any atom is 0.196 e. The molecule has 92 valence electrons. The molecule has 0 saturated carbocycles. The highest BCUT2D eigenvalue weighted by Crippen LogP contribution is 2.23. The summed E-state index contributed by atoms with van der Waals surface area (Å²) >= 11 is 0. The largest absolute Gasteiger partial charge is 0.493 e. The standard InChI is InChI=1S/C15H15NO2/c1-3-18-14-5-4-11(2)10-13(14)15(17)12-6-8-16-9-7-12/h4-10H,3H2,1-2H3. The summed E-state index contributed by atoms with van der Waals surface area (Å²) in [7, 11) is 0. The summed E-state index contributed by atoms with van der Waals surface area (Å²) in [5.41, 5.74) is 2.26. The van der Waals surface area contributed by atoms with Gasteiger partial charge in [-0.15, -0.1) is 0 Å². The van der Waals surface area contributed by atoms with Gasteiger partial charge in [0, 0.05) is 18.0 Å². The number of carbonyl (C=O) groups is 1. The van der Waals surface area contributed by atoms with Crippen LogP contribution >= 0.6 is 0 Å². The van der Waals surface area contributed by atoms with E-state index in [-0.39, 0.29) is 5.78 Å². The molecule has 18 heavy (non-hydrogen) atoms. The summed E-state index contributed by atoms with van der Waals surface area (Å²) in [6.07, 6.45) is 3.23. The predicted molar refractivity (Wildman–Crippen MR) is 70.0 cm³/mol. The fourth-order valence-corrected chi connectivity index (χ4v) is 1.76. The van der Waals surface area contributed by atoms with E-state index in [1.807, 2.05) is 32.0 Å². The first-order chi connectivity index (χ1) is 8.72. The number of hydrogen-bond donors (Lipinski definition) is 0. The lowest BCUT2D eigenvalue weighted by molar-refractivity contribution is 0.103. The number of ketones is 1. The average Bonchev–Trinajstić information content (AvgIpc) is 2.41. The predicted octanol–water partition coefficient (Wildman–Crippen LogP) is 3.02. The summed E-state index contributed by atoms with van der Waals surface area (Å²) in [6.45, 7) is 4.40. The van der Waals surface area contributed by atoms with Crippen LogP contribution in [0, 0.1) is 6.92 Å². The molecule has 0 N–H and O–H groups in total. The van der Waals surface area contributed by atoms with E-state index in [0.29, 0.717) is 23.5 Å². The van der Waals surface area contributed by atoms with Crippen molar-refractivity contribution in [2.75, 3.05) is 6.61 Å². The smallest absolute Gasteiger partial charge is 0.196 e. The van der Waals surface area contributed by atoms with Crippen LogP contribution < -0.4 is 4.74 Å². The van der Waals surface area contributed by atoms with Crippen molar-refractivity contribution < 1.29 is 9.53 Å². The Kier molecular flexibility index (Phi) is 3.72. The quantitative estimate of drug-likeness (QED) is 0.772. The van der Waals surface area contributed by atoms with Gasteiger partial charge in [-0.05, 0) is 38.1 Å². The lowest BCUT2D eigenvalue weighted by atomic mass is 10.0. The van der Waals surface area contributed by atoms with Crippen molar-refractivity contribution in [3.8, 4) is 5.75 Å². The minimum atomic E-state index is -0.0375. The molecule has 2 aromatic rings. The SMILES string of the molecule is CCOc1ccc(C)cc1C(=O)c1ccncc1. The summed E-state index contributed by atoms with van der Waals surface area (Å²) in [4.78, 5) is 16.3. The zero-order valence-electron chi connectivity index (χ0n) is 10.5. The van der Waals surface area contributed by atoms with Gasteiger partial charge in [-0.1, -0.05) is 11.6 Å². The molecule has 0 unspecified atom stereocenters. The maximum atomic E-state index is 12.4. The molecule has 3 heteroatoms. The molecule has 1 aromatic carbocycles. The minimum Gasteiger partial charge on any atom is -0.493 e. The normalized spacial score (nSPS) is 10.1. The fourth-order valence-electron chi connectivity index (χ4n) is 1.76. The van der Waals surface area contributed by atoms with E-state index in [2.05, 4.69) is 4.98 Å². The fraction of sp³-hybridized carbons (Fsp3) is 0.200. The molecular formula is C15H15NO2. The van der Waals surface area contributed by atoms with E-state index in [4.69, 9.17) is 4.74 Å². The first kappa shape index (κ1) is 12.3. The van der Waals surface area contributed by atoms with Crippen molar-refractivity contribution in [1.82, 2.24) is 4.98 Å². The third-order valence-electron chi connectivity index (χ3n) is 2.62. The number of aryl methyl sites for hydroxylation is 1. The number of nitrogens with zero attached hydrogens (tertiary/aromatic N) is 1. The van der Waals surface area contributed by atoms with E-state index in [1.165, 1.54) is 0 Å². The molecule has 3 nitrogen and oxygen atoms in total. The number of pyridine rings is 1. The Morgan fingerprint density at radius 2 is 1.94 bits per heavy atom. The zero-order valence-corrected chi connectivity index (χ0v) is 10.5. The minimum absolute atomic E-state index is 0.0375. The molecule has 0 atom stereocenters. The van der Waals surface area contributed by atoms with Gasteiger partial charge in [-0.25, -0.2) is 0 Å². The van der Waals surface area contributed by atoms with Crippen LogP contribution in [0.25, 0.3) is 0 Å². The molecular weight excluding hydrogens is 226 g/mol. The van der Waals surface area contributed by atoms with Crippen LogP contribution in [0.4, 0.5) is 0 Å². The highest BCUT2D eigenvalue weighted by molar-refractivity contribution is 6.10. The highest BCUT2D eigenvalue weighted by Gasteiger charge is 2.14. The maximum absolute atomic E-state index is 12.4. The third kappa shape index (κ3) is 2.56. The van der Waals surface area contributed by atoms with E-state index >= 15 is 0 Å². The number of rotatable bonds is 4. The Hall–Kier alpha value is -2.16. The Morgan fingerprint density at radius 1 is 1.22 bits per heavy atom. The molecule has 0 aliphatic rings. The van der Waals surface area contributed by atoms with E-state index < -0.39 is 0 Å². The van der Waals surface area contributed by atoms with Crippen LogP contribution in [0.5, 0.6) is 5.75 Å². The monoisotopic (exact) mass is 241 g/mol. The second-order valence-electron chi connectivity index (χ2n) is 4.00. The summed E-state index contributed by atoms with van der Waals surface area (Å²) < 4.78 is 5.50. The summed E-state index contributed by atoms with van der Waals surface area (Å²) in [5, 5.41) is 0. The van der Waals surface area contributed by atoms with Crippen LogP contribution in [-0.4, -0.2) is 17.4 Å². The second kappa shape index (κ2) is 5.45. The van der Waals surface area contributed by atoms with Gasteiger partial charge in [0.05, 0.1) is 12.2 Å². The van der Waals surface area contributed by atoms with Crippen molar-refractivity contribution in [2.45, 2.75) is 13.8 Å². The van der Waals surface area contributed by atoms with E-state index in [0.717, 1.165) is 5.56 Å². The molecule has 2 rings (SSSR count). The van der Waals surface area contributed by atoms with Crippen LogP contribution in [-0.2, 0) is 0 Å². The zero-order chi connectivity index (χ0) is 13.0. The molecule has 1 heterocycles. The number of aromatic nitrogens is 1. The van der Waals surface area contributed by atoms with Crippen LogP contribution in [0.1, 0.15) is 28.4 Å². The Balaban J connectivity index is 2.43. The van der Waals surface area contributed by atoms with Crippen molar-refractivity contribution >= 4 is 5.78 Å². The van der Waals surface area contributed by atoms with Gasteiger partial charge in [0.2, 0.25) is 0 Å². The molecule has 0 aliphatic heterocycles.